The molecule has 1 aliphatic heterocycles. The number of guanidine groups is 1. The molecule has 1 aromatic rings. The number of halogens is 2. The van der Waals surface area contributed by atoms with E-state index in [0.717, 1.165) is 5.96 Å². The summed E-state index contributed by atoms with van der Waals surface area (Å²) in [6.45, 7) is 8.79. The van der Waals surface area contributed by atoms with Crippen molar-refractivity contribution < 1.29 is 0 Å². The number of nitrogens with one attached hydrogen (secondary N) is 2. The lowest BCUT2D eigenvalue weighted by atomic mass is 9.90. The summed E-state index contributed by atoms with van der Waals surface area (Å²) < 4.78 is 0. The van der Waals surface area contributed by atoms with E-state index in [1.54, 1.807) is 0 Å². The Morgan fingerprint density at radius 3 is 2.15 bits per heavy atom. The molecule has 0 fully saturated rings. The standard InChI is InChI=1S/C15H21Cl2N3/c1-8(2)12-13(9(3)4)19-15(18-12)20-14-10(16)6-5-7-11(14)17/h5-9,12-13H,1-4H3,(H2,18,19,20)/t12-,13?/m0/s1. The maximum absolute atomic E-state index is 6.18. The van der Waals surface area contributed by atoms with Crippen molar-refractivity contribution >= 4 is 34.8 Å². The van der Waals surface area contributed by atoms with Gasteiger partial charge >= 0.3 is 0 Å². The number of anilines is 1. The topological polar surface area (TPSA) is 36.4 Å². The first-order valence-electron chi connectivity index (χ1n) is 6.95. The van der Waals surface area contributed by atoms with Gasteiger partial charge in [0.25, 0.3) is 0 Å². The number of hydrogen-bond acceptors (Lipinski definition) is 3. The van der Waals surface area contributed by atoms with Crippen LogP contribution < -0.4 is 10.6 Å². The fourth-order valence-electron chi connectivity index (χ4n) is 2.44. The summed E-state index contributed by atoms with van der Waals surface area (Å²) in [5, 5.41) is 7.86. The Kier molecular flexibility index (Phi) is 4.82. The highest BCUT2D eigenvalue weighted by atomic mass is 35.5. The predicted molar refractivity (Wildman–Crippen MR) is 87.9 cm³/mol. The molecule has 0 bridgehead atoms. The quantitative estimate of drug-likeness (QED) is 0.867. The van der Waals surface area contributed by atoms with Gasteiger partial charge in [-0.2, -0.15) is 0 Å². The highest BCUT2D eigenvalue weighted by Crippen LogP contribution is 2.31. The second kappa shape index (κ2) is 6.23. The van der Waals surface area contributed by atoms with Crippen LogP contribution >= 0.6 is 23.2 Å². The van der Waals surface area contributed by atoms with Crippen molar-refractivity contribution in [2.45, 2.75) is 39.8 Å². The number of aliphatic imine (C=N–C) groups is 1. The van der Waals surface area contributed by atoms with Crippen molar-refractivity contribution in [3.8, 4) is 0 Å². The van der Waals surface area contributed by atoms with Crippen LogP contribution in [-0.4, -0.2) is 18.0 Å². The maximum atomic E-state index is 6.18. The summed E-state index contributed by atoms with van der Waals surface area (Å²) in [5.41, 5.74) is 0.703. The average Bonchev–Trinajstić information content (AvgIpc) is 2.78. The van der Waals surface area contributed by atoms with Gasteiger partial charge in [-0.1, -0.05) is 57.0 Å². The molecule has 0 amide bonds. The van der Waals surface area contributed by atoms with Gasteiger partial charge in [-0.3, -0.25) is 0 Å². The van der Waals surface area contributed by atoms with Gasteiger partial charge in [-0.05, 0) is 24.0 Å². The van der Waals surface area contributed by atoms with E-state index in [4.69, 9.17) is 28.2 Å². The molecule has 0 aliphatic carbocycles. The lowest BCUT2D eigenvalue weighted by Crippen LogP contribution is -2.42. The molecular weight excluding hydrogens is 293 g/mol. The van der Waals surface area contributed by atoms with E-state index in [2.05, 4.69) is 38.3 Å². The molecular formula is C15H21Cl2N3. The van der Waals surface area contributed by atoms with Crippen LogP contribution in [0.15, 0.2) is 23.2 Å². The molecule has 3 nitrogen and oxygen atoms in total. The predicted octanol–water partition coefficient (Wildman–Crippen LogP) is 4.41. The second-order valence-electron chi connectivity index (χ2n) is 5.85. The van der Waals surface area contributed by atoms with Crippen molar-refractivity contribution in [3.05, 3.63) is 28.2 Å². The van der Waals surface area contributed by atoms with Gasteiger partial charge in [0.2, 0.25) is 0 Å². The Hall–Kier alpha value is -0.930. The molecule has 2 N–H and O–H groups in total. The van der Waals surface area contributed by atoms with Gasteiger partial charge in [0.15, 0.2) is 5.96 Å². The number of rotatable bonds is 3. The minimum absolute atomic E-state index is 0.263. The molecule has 0 radical (unpaired) electrons. The maximum Gasteiger partial charge on any atom is 0.196 e. The normalized spacial score (nSPS) is 22.1. The minimum Gasteiger partial charge on any atom is -0.351 e. The summed E-state index contributed by atoms with van der Waals surface area (Å²) in [6, 6.07) is 6.04. The van der Waals surface area contributed by atoms with Crippen LogP contribution in [0.5, 0.6) is 0 Å². The molecule has 2 rings (SSSR count). The van der Waals surface area contributed by atoms with Crippen molar-refractivity contribution in [3.63, 3.8) is 0 Å². The molecule has 5 heteroatoms. The van der Waals surface area contributed by atoms with Gasteiger partial charge in [-0.15, -0.1) is 0 Å². The molecule has 110 valence electrons. The van der Waals surface area contributed by atoms with Crippen molar-refractivity contribution in [2.75, 3.05) is 5.32 Å². The highest BCUT2D eigenvalue weighted by molar-refractivity contribution is 6.39. The largest absolute Gasteiger partial charge is 0.351 e. The third-order valence-electron chi connectivity index (χ3n) is 3.56. The fourth-order valence-corrected chi connectivity index (χ4v) is 2.93. The Morgan fingerprint density at radius 1 is 1.10 bits per heavy atom. The van der Waals surface area contributed by atoms with E-state index in [-0.39, 0.29) is 6.04 Å². The van der Waals surface area contributed by atoms with Crippen molar-refractivity contribution in [1.82, 2.24) is 5.32 Å². The number of nitrogens with zero attached hydrogens (tertiary/aromatic N) is 1. The van der Waals surface area contributed by atoms with E-state index in [1.807, 2.05) is 18.2 Å². The Labute approximate surface area is 130 Å². The van der Waals surface area contributed by atoms with Crippen LogP contribution in [-0.2, 0) is 0 Å². The SMILES string of the molecule is CC(C)C1NC(Nc2c(Cl)cccc2Cl)=N[C@H]1C(C)C. The number of benzene rings is 1. The second-order valence-corrected chi connectivity index (χ2v) is 6.66. The molecule has 0 saturated carbocycles. The summed E-state index contributed by atoms with van der Waals surface area (Å²) >= 11 is 12.4. The molecule has 0 aromatic heterocycles. The molecule has 1 aliphatic rings. The van der Waals surface area contributed by atoms with Crippen LogP contribution in [0, 0.1) is 11.8 Å². The van der Waals surface area contributed by atoms with Crippen molar-refractivity contribution in [1.29, 1.82) is 0 Å². The Bertz CT molecular complexity index is 492. The van der Waals surface area contributed by atoms with Crippen LogP contribution in [0.2, 0.25) is 10.0 Å². The van der Waals surface area contributed by atoms with E-state index in [1.165, 1.54) is 0 Å². The first kappa shape index (κ1) is 15.5. The molecule has 1 aromatic carbocycles. The van der Waals surface area contributed by atoms with Crippen LogP contribution in [0.3, 0.4) is 0 Å². The van der Waals surface area contributed by atoms with Crippen molar-refractivity contribution in [2.24, 2.45) is 16.8 Å². The summed E-state index contributed by atoms with van der Waals surface area (Å²) in [5.74, 6) is 1.74. The van der Waals surface area contributed by atoms with Gasteiger partial charge in [-0.25, -0.2) is 4.99 Å². The first-order chi connectivity index (χ1) is 9.40. The lowest BCUT2D eigenvalue weighted by molar-refractivity contribution is 0.348. The minimum atomic E-state index is 0.263. The molecule has 0 spiro atoms. The summed E-state index contributed by atoms with van der Waals surface area (Å²) in [4.78, 5) is 4.74. The van der Waals surface area contributed by atoms with Gasteiger partial charge < -0.3 is 10.6 Å². The zero-order valence-corrected chi connectivity index (χ0v) is 13.8. The van der Waals surface area contributed by atoms with E-state index in [9.17, 15) is 0 Å². The average molecular weight is 314 g/mol. The van der Waals surface area contributed by atoms with Gasteiger partial charge in [0.1, 0.15) is 0 Å². The number of hydrogen-bond donors (Lipinski definition) is 2. The zero-order chi connectivity index (χ0) is 14.9. The smallest absolute Gasteiger partial charge is 0.196 e. The first-order valence-corrected chi connectivity index (χ1v) is 7.71. The van der Waals surface area contributed by atoms with Crippen LogP contribution in [0.1, 0.15) is 27.7 Å². The Balaban J connectivity index is 2.20. The number of para-hydroxylation sites is 1. The zero-order valence-electron chi connectivity index (χ0n) is 12.2. The third-order valence-corrected chi connectivity index (χ3v) is 4.19. The Morgan fingerprint density at radius 2 is 1.70 bits per heavy atom. The van der Waals surface area contributed by atoms with E-state index in [0.29, 0.717) is 33.6 Å². The molecule has 0 saturated heterocycles. The molecule has 1 unspecified atom stereocenters. The summed E-state index contributed by atoms with van der Waals surface area (Å²) in [7, 11) is 0. The molecule has 20 heavy (non-hydrogen) atoms. The fraction of sp³-hybridized carbons (Fsp3) is 0.533. The molecule has 2 atom stereocenters. The molecule has 1 heterocycles. The monoisotopic (exact) mass is 313 g/mol. The van der Waals surface area contributed by atoms with Crippen LogP contribution in [0.25, 0.3) is 0 Å². The summed E-state index contributed by atoms with van der Waals surface area (Å²) in [6.07, 6.45) is 0. The van der Waals surface area contributed by atoms with Gasteiger partial charge in [0.05, 0.1) is 27.8 Å². The third kappa shape index (κ3) is 3.21. The lowest BCUT2D eigenvalue weighted by Gasteiger charge is -2.24. The van der Waals surface area contributed by atoms with E-state index < -0.39 is 0 Å². The van der Waals surface area contributed by atoms with E-state index >= 15 is 0 Å². The van der Waals surface area contributed by atoms with Crippen LogP contribution in [0.4, 0.5) is 5.69 Å². The highest BCUT2D eigenvalue weighted by Gasteiger charge is 2.33. The van der Waals surface area contributed by atoms with Gasteiger partial charge in [0, 0.05) is 0 Å².